The molecular formula is C25H21ClN4O5. The van der Waals surface area contributed by atoms with E-state index in [0.29, 0.717) is 22.0 Å². The van der Waals surface area contributed by atoms with Crippen molar-refractivity contribution in [1.82, 2.24) is 10.2 Å². The third-order valence-corrected chi connectivity index (χ3v) is 5.92. The van der Waals surface area contributed by atoms with Crippen molar-refractivity contribution < 1.29 is 24.0 Å². The number of aryl methyl sites for hydroxylation is 1. The molecule has 2 aromatic carbocycles. The van der Waals surface area contributed by atoms with Crippen molar-refractivity contribution in [1.29, 1.82) is 0 Å². The molecule has 0 radical (unpaired) electrons. The lowest BCUT2D eigenvalue weighted by Gasteiger charge is -2.28. The van der Waals surface area contributed by atoms with Crippen LogP contribution in [0.15, 0.2) is 60.3 Å². The Labute approximate surface area is 205 Å². The third-order valence-electron chi connectivity index (χ3n) is 5.51. The van der Waals surface area contributed by atoms with Gasteiger partial charge in [-0.2, -0.15) is 0 Å². The molecule has 1 fully saturated rings. The zero-order valence-electron chi connectivity index (χ0n) is 18.6. The van der Waals surface area contributed by atoms with Crippen molar-refractivity contribution in [2.24, 2.45) is 0 Å². The second-order valence-electron chi connectivity index (χ2n) is 8.08. The summed E-state index contributed by atoms with van der Waals surface area (Å²) in [5.74, 6) is -2.73. The van der Waals surface area contributed by atoms with Crippen LogP contribution in [0.2, 0.25) is 5.02 Å². The molecule has 178 valence electrons. The third kappa shape index (κ3) is 5.47. The summed E-state index contributed by atoms with van der Waals surface area (Å²) in [6, 6.07) is 11.1. The fourth-order valence-electron chi connectivity index (χ4n) is 3.70. The molecule has 0 aliphatic carbocycles. The predicted molar refractivity (Wildman–Crippen MR) is 130 cm³/mol. The molecule has 3 N–H and O–H groups in total. The van der Waals surface area contributed by atoms with Crippen LogP contribution in [0.1, 0.15) is 24.0 Å². The second kappa shape index (κ2) is 9.94. The van der Waals surface area contributed by atoms with Crippen LogP contribution in [-0.2, 0) is 24.0 Å². The smallest absolute Gasteiger partial charge is 0.278 e. The van der Waals surface area contributed by atoms with Crippen molar-refractivity contribution in [3.05, 3.63) is 76.5 Å². The molecule has 35 heavy (non-hydrogen) atoms. The number of nitrogens with one attached hydrogen (secondary N) is 3. The van der Waals surface area contributed by atoms with Gasteiger partial charge in [-0.3, -0.25) is 34.2 Å². The molecular weight excluding hydrogens is 472 g/mol. The van der Waals surface area contributed by atoms with Crippen LogP contribution in [-0.4, -0.2) is 40.5 Å². The van der Waals surface area contributed by atoms with Gasteiger partial charge in [0.25, 0.3) is 11.8 Å². The topological polar surface area (TPSA) is 125 Å². The van der Waals surface area contributed by atoms with Gasteiger partial charge in [0.05, 0.1) is 0 Å². The largest absolute Gasteiger partial charge is 0.351 e. The van der Waals surface area contributed by atoms with E-state index < -0.39 is 29.7 Å². The van der Waals surface area contributed by atoms with Crippen LogP contribution >= 0.6 is 11.6 Å². The number of halogens is 1. The molecule has 5 amide bonds. The highest BCUT2D eigenvalue weighted by molar-refractivity contribution is 6.31. The van der Waals surface area contributed by atoms with Crippen molar-refractivity contribution >= 4 is 58.6 Å². The quantitative estimate of drug-likeness (QED) is 0.420. The molecule has 9 nitrogen and oxygen atoms in total. The molecule has 1 atom stereocenters. The lowest BCUT2D eigenvalue weighted by atomic mass is 10.0. The van der Waals surface area contributed by atoms with E-state index in [-0.39, 0.29) is 24.4 Å². The average molecular weight is 493 g/mol. The Kier molecular flexibility index (Phi) is 6.79. The Bertz CT molecular complexity index is 1320. The van der Waals surface area contributed by atoms with Crippen molar-refractivity contribution in [3.63, 3.8) is 0 Å². The van der Waals surface area contributed by atoms with Gasteiger partial charge in [-0.05, 0) is 54.8 Å². The maximum atomic E-state index is 12.8. The Morgan fingerprint density at radius 1 is 1.11 bits per heavy atom. The first-order valence-electron chi connectivity index (χ1n) is 10.8. The van der Waals surface area contributed by atoms with Crippen LogP contribution in [0.3, 0.4) is 0 Å². The van der Waals surface area contributed by atoms with Crippen LogP contribution in [0.25, 0.3) is 6.08 Å². The molecule has 2 aliphatic rings. The van der Waals surface area contributed by atoms with E-state index >= 15 is 0 Å². The molecule has 4 rings (SSSR count). The van der Waals surface area contributed by atoms with Crippen LogP contribution in [0, 0.1) is 6.92 Å². The molecule has 0 saturated carbocycles. The second-order valence-corrected chi connectivity index (χ2v) is 8.48. The number of hydrogen-bond acceptors (Lipinski definition) is 6. The lowest BCUT2D eigenvalue weighted by molar-refractivity contribution is -0.149. The summed E-state index contributed by atoms with van der Waals surface area (Å²) in [5, 5.41) is 8.32. The molecule has 1 unspecified atom stereocenters. The minimum atomic E-state index is -1.03. The molecule has 2 heterocycles. The van der Waals surface area contributed by atoms with Crippen molar-refractivity contribution in [2.45, 2.75) is 25.8 Å². The van der Waals surface area contributed by atoms with Gasteiger partial charge in [-0.25, -0.2) is 0 Å². The summed E-state index contributed by atoms with van der Waals surface area (Å²) >= 11 is 6.08. The number of rotatable bonds is 6. The molecule has 0 bridgehead atoms. The number of amides is 5. The van der Waals surface area contributed by atoms with Gasteiger partial charge >= 0.3 is 0 Å². The Hall–Kier alpha value is -4.24. The van der Waals surface area contributed by atoms with Crippen LogP contribution in [0.4, 0.5) is 11.4 Å². The number of hydrogen-bond donors (Lipinski definition) is 3. The minimum Gasteiger partial charge on any atom is -0.351 e. The van der Waals surface area contributed by atoms with Crippen molar-refractivity contribution in [2.75, 3.05) is 10.6 Å². The van der Waals surface area contributed by atoms with E-state index in [1.165, 1.54) is 6.08 Å². The van der Waals surface area contributed by atoms with E-state index in [1.807, 2.05) is 13.0 Å². The summed E-state index contributed by atoms with van der Waals surface area (Å²) in [6.45, 7) is 1.87. The first kappa shape index (κ1) is 23.9. The normalized spacial score (nSPS) is 18.1. The van der Waals surface area contributed by atoms with Gasteiger partial charge in [0.1, 0.15) is 11.7 Å². The number of carbonyl (C=O) groups is 5. The number of benzene rings is 2. The van der Waals surface area contributed by atoms with E-state index in [1.54, 1.807) is 42.5 Å². The SMILES string of the molecule is Cc1ccc(NC(=O)/C=C/c2cccc(NC3=CC(=O)N(C4CCC(=O)NC4=O)C3=O)c2)cc1Cl. The lowest BCUT2D eigenvalue weighted by Crippen LogP contribution is -2.54. The Morgan fingerprint density at radius 2 is 1.91 bits per heavy atom. The fraction of sp³-hybridized carbons (Fsp3) is 0.160. The highest BCUT2D eigenvalue weighted by Crippen LogP contribution is 2.24. The van der Waals surface area contributed by atoms with Gasteiger partial charge < -0.3 is 10.6 Å². The highest BCUT2D eigenvalue weighted by atomic mass is 35.5. The zero-order valence-corrected chi connectivity index (χ0v) is 19.4. The number of imide groups is 2. The van der Waals surface area contributed by atoms with Gasteiger partial charge in [0, 0.05) is 35.0 Å². The first-order chi connectivity index (χ1) is 16.7. The van der Waals surface area contributed by atoms with E-state index in [2.05, 4.69) is 16.0 Å². The van der Waals surface area contributed by atoms with E-state index in [4.69, 9.17) is 11.6 Å². The zero-order chi connectivity index (χ0) is 25.1. The van der Waals surface area contributed by atoms with Crippen molar-refractivity contribution in [3.8, 4) is 0 Å². The maximum absolute atomic E-state index is 12.8. The molecule has 0 spiro atoms. The number of piperidine rings is 1. The van der Waals surface area contributed by atoms with Gasteiger partial charge in [-0.15, -0.1) is 0 Å². The number of anilines is 2. The van der Waals surface area contributed by atoms with E-state index in [0.717, 1.165) is 16.5 Å². The van der Waals surface area contributed by atoms with Gasteiger partial charge in [0.15, 0.2) is 0 Å². The van der Waals surface area contributed by atoms with Gasteiger partial charge in [0.2, 0.25) is 17.7 Å². The summed E-state index contributed by atoms with van der Waals surface area (Å²) < 4.78 is 0. The number of carbonyl (C=O) groups excluding carboxylic acids is 5. The van der Waals surface area contributed by atoms with Gasteiger partial charge in [-0.1, -0.05) is 29.8 Å². The standard InChI is InChI=1S/C25H21ClN4O5/c1-14-5-7-17(12-18(14)26)28-21(31)9-6-15-3-2-4-16(11-15)27-19-13-23(33)30(25(19)35)20-8-10-22(32)29-24(20)34/h2-7,9,11-13,20,27H,8,10H2,1H3,(H,28,31)(H,29,32,34)/b9-6+. The Morgan fingerprint density at radius 3 is 2.66 bits per heavy atom. The predicted octanol–water partition coefficient (Wildman–Crippen LogP) is 2.77. The molecule has 2 aromatic rings. The van der Waals surface area contributed by atoms with Crippen LogP contribution < -0.4 is 16.0 Å². The maximum Gasteiger partial charge on any atom is 0.278 e. The molecule has 2 aliphatic heterocycles. The molecule has 0 aromatic heterocycles. The monoisotopic (exact) mass is 492 g/mol. The molecule has 1 saturated heterocycles. The summed E-state index contributed by atoms with van der Waals surface area (Å²) in [6.07, 6.45) is 4.22. The van der Waals surface area contributed by atoms with Crippen LogP contribution in [0.5, 0.6) is 0 Å². The summed E-state index contributed by atoms with van der Waals surface area (Å²) in [7, 11) is 0. The Balaban J connectivity index is 1.40. The minimum absolute atomic E-state index is 0.00909. The summed E-state index contributed by atoms with van der Waals surface area (Å²) in [5.41, 5.74) is 2.67. The fourth-order valence-corrected chi connectivity index (χ4v) is 3.88. The average Bonchev–Trinajstić information content (AvgIpc) is 3.08. The van der Waals surface area contributed by atoms with E-state index in [9.17, 15) is 24.0 Å². The highest BCUT2D eigenvalue weighted by Gasteiger charge is 2.42. The summed E-state index contributed by atoms with van der Waals surface area (Å²) in [4.78, 5) is 61.8. The molecule has 10 heteroatoms. The number of nitrogens with zero attached hydrogens (tertiary/aromatic N) is 1. The first-order valence-corrected chi connectivity index (χ1v) is 11.1.